The largest absolute Gasteiger partial charge is 0.298 e. The summed E-state index contributed by atoms with van der Waals surface area (Å²) in [5.41, 5.74) is 1.48. The molecule has 9 nitrogen and oxygen atoms in total. The van der Waals surface area contributed by atoms with Crippen molar-refractivity contribution >= 4 is 44.0 Å². The van der Waals surface area contributed by atoms with E-state index in [4.69, 9.17) is 0 Å². The van der Waals surface area contributed by atoms with Gasteiger partial charge in [-0.25, -0.2) is 4.98 Å². The lowest BCUT2D eigenvalue weighted by molar-refractivity contribution is -0.394. The summed E-state index contributed by atoms with van der Waals surface area (Å²) in [7, 11) is 0. The molecule has 0 radical (unpaired) electrons. The van der Waals surface area contributed by atoms with Crippen LogP contribution in [0.2, 0.25) is 0 Å². The van der Waals surface area contributed by atoms with E-state index in [9.17, 15) is 25.0 Å². The second-order valence-corrected chi connectivity index (χ2v) is 6.60. The Morgan fingerprint density at radius 3 is 2.15 bits per heavy atom. The minimum absolute atomic E-state index is 0.182. The average Bonchev–Trinajstić information content (AvgIpc) is 3.02. The van der Waals surface area contributed by atoms with Gasteiger partial charge in [0, 0.05) is 12.1 Å². The first-order chi connectivity index (χ1) is 12.3. The van der Waals surface area contributed by atoms with Gasteiger partial charge in [0.2, 0.25) is 0 Å². The number of amides is 1. The third kappa shape index (κ3) is 3.22. The SMILES string of the molecule is Cc1ccc(C)c2sc(NC(=O)c3cc([N+](=O)[O-])cc([N+](=O)[O-])c3)nc12. The van der Waals surface area contributed by atoms with Crippen molar-refractivity contribution < 1.29 is 14.6 Å². The summed E-state index contributed by atoms with van der Waals surface area (Å²) in [4.78, 5) is 37.1. The molecule has 1 amide bonds. The fourth-order valence-electron chi connectivity index (χ4n) is 2.42. The van der Waals surface area contributed by atoms with E-state index in [1.54, 1.807) is 0 Å². The highest BCUT2D eigenvalue weighted by Gasteiger charge is 2.21. The van der Waals surface area contributed by atoms with Crippen molar-refractivity contribution in [3.05, 3.63) is 67.3 Å². The van der Waals surface area contributed by atoms with Crippen molar-refractivity contribution in [3.63, 3.8) is 0 Å². The van der Waals surface area contributed by atoms with Crippen LogP contribution in [0.4, 0.5) is 16.5 Å². The minimum atomic E-state index is -0.784. The first kappa shape index (κ1) is 17.4. The van der Waals surface area contributed by atoms with E-state index >= 15 is 0 Å². The van der Waals surface area contributed by atoms with Gasteiger partial charge in [-0.05, 0) is 25.0 Å². The van der Waals surface area contributed by atoms with Crippen LogP contribution in [0.15, 0.2) is 30.3 Å². The van der Waals surface area contributed by atoms with Crippen LogP contribution in [-0.4, -0.2) is 20.7 Å². The first-order valence-electron chi connectivity index (χ1n) is 7.38. The van der Waals surface area contributed by atoms with Gasteiger partial charge in [-0.15, -0.1) is 0 Å². The summed E-state index contributed by atoms with van der Waals surface area (Å²) in [6.07, 6.45) is 0. The molecule has 0 fully saturated rings. The molecular formula is C16H12N4O5S. The van der Waals surface area contributed by atoms with Crippen LogP contribution in [0, 0.1) is 34.1 Å². The molecule has 1 N–H and O–H groups in total. The molecule has 0 saturated carbocycles. The van der Waals surface area contributed by atoms with Crippen molar-refractivity contribution in [2.75, 3.05) is 5.32 Å². The highest BCUT2D eigenvalue weighted by Crippen LogP contribution is 2.31. The monoisotopic (exact) mass is 372 g/mol. The van der Waals surface area contributed by atoms with Gasteiger partial charge in [0.15, 0.2) is 5.13 Å². The van der Waals surface area contributed by atoms with E-state index in [0.29, 0.717) is 5.13 Å². The summed E-state index contributed by atoms with van der Waals surface area (Å²) in [5, 5.41) is 24.8. The average molecular weight is 372 g/mol. The van der Waals surface area contributed by atoms with Crippen molar-refractivity contribution in [1.29, 1.82) is 0 Å². The summed E-state index contributed by atoms with van der Waals surface area (Å²) < 4.78 is 0.922. The van der Waals surface area contributed by atoms with E-state index in [0.717, 1.165) is 39.5 Å². The number of carbonyl (C=O) groups excluding carboxylic acids is 1. The van der Waals surface area contributed by atoms with Crippen LogP contribution in [0.5, 0.6) is 0 Å². The molecule has 10 heteroatoms. The third-order valence-corrected chi connectivity index (χ3v) is 4.86. The Morgan fingerprint density at radius 1 is 1.04 bits per heavy atom. The van der Waals surface area contributed by atoms with Crippen LogP contribution in [-0.2, 0) is 0 Å². The molecule has 132 valence electrons. The zero-order valence-electron chi connectivity index (χ0n) is 13.7. The predicted molar refractivity (Wildman–Crippen MR) is 96.8 cm³/mol. The van der Waals surface area contributed by atoms with Crippen LogP contribution in [0.1, 0.15) is 21.5 Å². The maximum absolute atomic E-state index is 12.4. The number of nitro benzene ring substituents is 2. The zero-order valence-corrected chi connectivity index (χ0v) is 14.5. The van der Waals surface area contributed by atoms with Crippen LogP contribution < -0.4 is 5.32 Å². The van der Waals surface area contributed by atoms with Gasteiger partial charge in [-0.1, -0.05) is 23.5 Å². The van der Waals surface area contributed by atoms with Gasteiger partial charge in [0.05, 0.1) is 31.7 Å². The zero-order chi connectivity index (χ0) is 19.0. The van der Waals surface area contributed by atoms with Gasteiger partial charge in [-0.3, -0.25) is 30.3 Å². The summed E-state index contributed by atoms with van der Waals surface area (Å²) in [6, 6.07) is 6.66. The minimum Gasteiger partial charge on any atom is -0.298 e. The molecule has 2 aromatic carbocycles. The number of nitrogens with zero attached hydrogens (tertiary/aromatic N) is 3. The van der Waals surface area contributed by atoms with E-state index in [1.165, 1.54) is 11.3 Å². The van der Waals surface area contributed by atoms with Crippen LogP contribution in [0.3, 0.4) is 0 Å². The molecular weight excluding hydrogens is 360 g/mol. The standard InChI is InChI=1S/C16H12N4O5S/c1-8-3-4-9(2)14-13(8)17-16(26-14)18-15(21)10-5-11(19(22)23)7-12(6-10)20(24)25/h3-7H,1-2H3,(H,17,18,21). The molecule has 1 heterocycles. The van der Waals surface area contributed by atoms with Gasteiger partial charge in [-0.2, -0.15) is 0 Å². The molecule has 0 aliphatic heterocycles. The highest BCUT2D eigenvalue weighted by atomic mass is 32.1. The second kappa shape index (κ2) is 6.48. The van der Waals surface area contributed by atoms with Crippen molar-refractivity contribution in [1.82, 2.24) is 4.98 Å². The Kier molecular flexibility index (Phi) is 4.34. The normalized spacial score (nSPS) is 10.7. The number of thiazole rings is 1. The Balaban J connectivity index is 1.98. The van der Waals surface area contributed by atoms with Crippen molar-refractivity contribution in [3.8, 4) is 0 Å². The van der Waals surface area contributed by atoms with Crippen LogP contribution in [0.25, 0.3) is 10.2 Å². The fraction of sp³-hybridized carbons (Fsp3) is 0.125. The predicted octanol–water partition coefficient (Wildman–Crippen LogP) is 3.98. The van der Waals surface area contributed by atoms with Gasteiger partial charge >= 0.3 is 0 Å². The molecule has 3 aromatic rings. The molecule has 1 aromatic heterocycles. The number of aromatic nitrogens is 1. The Morgan fingerprint density at radius 2 is 1.62 bits per heavy atom. The molecule has 3 rings (SSSR count). The molecule has 0 aliphatic carbocycles. The Labute approximate surface area is 150 Å². The molecule has 0 saturated heterocycles. The molecule has 0 bridgehead atoms. The summed E-state index contributed by atoms with van der Waals surface area (Å²) >= 11 is 1.27. The third-order valence-electron chi connectivity index (χ3n) is 3.75. The van der Waals surface area contributed by atoms with Crippen molar-refractivity contribution in [2.24, 2.45) is 0 Å². The number of nitrogens with one attached hydrogen (secondary N) is 1. The lowest BCUT2D eigenvalue weighted by atomic mass is 10.1. The fourth-order valence-corrected chi connectivity index (χ4v) is 3.43. The van der Waals surface area contributed by atoms with Crippen LogP contribution >= 0.6 is 11.3 Å². The highest BCUT2D eigenvalue weighted by molar-refractivity contribution is 7.22. The lowest BCUT2D eigenvalue weighted by Crippen LogP contribution is -2.12. The number of non-ortho nitro benzene ring substituents is 2. The number of hydrogen-bond acceptors (Lipinski definition) is 7. The number of hydrogen-bond donors (Lipinski definition) is 1. The number of benzene rings is 2. The smallest absolute Gasteiger partial charge is 0.277 e. The van der Waals surface area contributed by atoms with Gasteiger partial charge in [0.1, 0.15) is 0 Å². The number of rotatable bonds is 4. The number of aryl methyl sites for hydroxylation is 2. The number of carbonyl (C=O) groups is 1. The topological polar surface area (TPSA) is 128 Å². The van der Waals surface area contributed by atoms with Gasteiger partial charge < -0.3 is 0 Å². The second-order valence-electron chi connectivity index (χ2n) is 5.60. The molecule has 0 spiro atoms. The van der Waals surface area contributed by atoms with Crippen molar-refractivity contribution in [2.45, 2.75) is 13.8 Å². The molecule has 0 atom stereocenters. The molecule has 26 heavy (non-hydrogen) atoms. The first-order valence-corrected chi connectivity index (χ1v) is 8.20. The van der Waals surface area contributed by atoms with E-state index in [2.05, 4.69) is 10.3 Å². The number of nitro groups is 2. The van der Waals surface area contributed by atoms with E-state index < -0.39 is 27.1 Å². The summed E-state index contributed by atoms with van der Waals surface area (Å²) in [6.45, 7) is 3.83. The quantitative estimate of drug-likeness (QED) is 0.545. The maximum Gasteiger partial charge on any atom is 0.277 e. The number of fused-ring (bicyclic) bond motifs is 1. The summed E-state index contributed by atoms with van der Waals surface area (Å²) in [5.74, 6) is -0.703. The van der Waals surface area contributed by atoms with E-state index in [-0.39, 0.29) is 5.56 Å². The molecule has 0 unspecified atom stereocenters. The maximum atomic E-state index is 12.4. The lowest BCUT2D eigenvalue weighted by Gasteiger charge is -2.02. The molecule has 0 aliphatic rings. The Bertz CT molecular complexity index is 1000. The Hall–Kier alpha value is -3.40. The van der Waals surface area contributed by atoms with E-state index in [1.807, 2.05) is 26.0 Å². The van der Waals surface area contributed by atoms with Gasteiger partial charge in [0.25, 0.3) is 17.3 Å². The number of anilines is 1.